The van der Waals surface area contributed by atoms with Crippen molar-refractivity contribution in [2.45, 2.75) is 33.4 Å². The van der Waals surface area contributed by atoms with E-state index in [4.69, 9.17) is 0 Å². The van der Waals surface area contributed by atoms with Crippen LogP contribution in [-0.2, 0) is 29.1 Å². The SMILES string of the molecule is CCn1nc2c(cc1=O)CN(CC(=O)N1CCN(C(C)=O)CC1)CC2. The van der Waals surface area contributed by atoms with Gasteiger partial charge in [-0.2, -0.15) is 5.10 Å². The van der Waals surface area contributed by atoms with Gasteiger partial charge in [0.2, 0.25) is 11.8 Å². The number of nitrogens with zero attached hydrogens (tertiary/aromatic N) is 5. The lowest BCUT2D eigenvalue weighted by Crippen LogP contribution is -2.52. The van der Waals surface area contributed by atoms with Crippen molar-refractivity contribution in [1.82, 2.24) is 24.5 Å². The summed E-state index contributed by atoms with van der Waals surface area (Å²) in [5.74, 6) is 0.145. The Morgan fingerprint density at radius 1 is 1.12 bits per heavy atom. The van der Waals surface area contributed by atoms with Crippen LogP contribution in [0.1, 0.15) is 25.1 Å². The lowest BCUT2D eigenvalue weighted by atomic mass is 10.1. The maximum absolute atomic E-state index is 12.5. The van der Waals surface area contributed by atoms with Gasteiger partial charge in [-0.15, -0.1) is 0 Å². The maximum atomic E-state index is 12.5. The first-order chi connectivity index (χ1) is 12.0. The summed E-state index contributed by atoms with van der Waals surface area (Å²) in [7, 11) is 0. The highest BCUT2D eigenvalue weighted by molar-refractivity contribution is 5.79. The second-order valence-electron chi connectivity index (χ2n) is 6.62. The Morgan fingerprint density at radius 2 is 1.80 bits per heavy atom. The van der Waals surface area contributed by atoms with Gasteiger partial charge in [-0.3, -0.25) is 19.3 Å². The Kier molecular flexibility index (Phi) is 5.17. The third-order valence-electron chi connectivity index (χ3n) is 4.96. The molecule has 0 aliphatic carbocycles. The van der Waals surface area contributed by atoms with Gasteiger partial charge in [-0.1, -0.05) is 0 Å². The Morgan fingerprint density at radius 3 is 2.44 bits per heavy atom. The van der Waals surface area contributed by atoms with Gasteiger partial charge < -0.3 is 9.80 Å². The monoisotopic (exact) mass is 347 g/mol. The molecule has 2 aliphatic rings. The van der Waals surface area contributed by atoms with E-state index in [1.807, 2.05) is 11.8 Å². The van der Waals surface area contributed by atoms with Crippen molar-refractivity contribution >= 4 is 11.8 Å². The van der Waals surface area contributed by atoms with E-state index < -0.39 is 0 Å². The topological polar surface area (TPSA) is 78.8 Å². The summed E-state index contributed by atoms with van der Waals surface area (Å²) < 4.78 is 1.48. The van der Waals surface area contributed by atoms with Crippen molar-refractivity contribution in [2.24, 2.45) is 0 Å². The molecule has 136 valence electrons. The number of piperazine rings is 1. The first kappa shape index (κ1) is 17.6. The smallest absolute Gasteiger partial charge is 0.267 e. The van der Waals surface area contributed by atoms with Crippen LogP contribution in [0.3, 0.4) is 0 Å². The summed E-state index contributed by atoms with van der Waals surface area (Å²) >= 11 is 0. The zero-order valence-corrected chi connectivity index (χ0v) is 14.9. The Balaban J connectivity index is 1.58. The van der Waals surface area contributed by atoms with E-state index in [0.29, 0.717) is 45.8 Å². The number of hydrogen-bond acceptors (Lipinski definition) is 5. The summed E-state index contributed by atoms with van der Waals surface area (Å²) in [6.45, 7) is 8.11. The fraction of sp³-hybridized carbons (Fsp3) is 0.647. The highest BCUT2D eigenvalue weighted by Crippen LogP contribution is 2.15. The molecule has 1 aromatic heterocycles. The van der Waals surface area contributed by atoms with E-state index in [9.17, 15) is 14.4 Å². The third-order valence-corrected chi connectivity index (χ3v) is 4.96. The quantitative estimate of drug-likeness (QED) is 0.723. The Bertz CT molecular complexity index is 721. The predicted octanol–water partition coefficient (Wildman–Crippen LogP) is -0.688. The van der Waals surface area contributed by atoms with Crippen molar-refractivity contribution in [3.8, 4) is 0 Å². The molecule has 0 radical (unpaired) electrons. The first-order valence-electron chi connectivity index (χ1n) is 8.83. The molecular weight excluding hydrogens is 322 g/mol. The van der Waals surface area contributed by atoms with Crippen LogP contribution in [0.2, 0.25) is 0 Å². The summed E-state index contributed by atoms with van der Waals surface area (Å²) in [6.07, 6.45) is 0.751. The fourth-order valence-corrected chi connectivity index (χ4v) is 3.42. The maximum Gasteiger partial charge on any atom is 0.267 e. The molecule has 0 N–H and O–H groups in total. The molecule has 8 heteroatoms. The number of rotatable bonds is 3. The van der Waals surface area contributed by atoms with E-state index in [1.165, 1.54) is 4.68 Å². The number of fused-ring (bicyclic) bond motifs is 1. The van der Waals surface area contributed by atoms with Gasteiger partial charge in [-0.25, -0.2) is 4.68 Å². The molecule has 3 rings (SSSR count). The number of carbonyl (C=O) groups is 2. The van der Waals surface area contributed by atoms with Crippen LogP contribution in [0.25, 0.3) is 0 Å². The Labute approximate surface area is 147 Å². The van der Waals surface area contributed by atoms with Gasteiger partial charge in [-0.05, 0) is 12.5 Å². The van der Waals surface area contributed by atoms with Gasteiger partial charge in [0.1, 0.15) is 0 Å². The van der Waals surface area contributed by atoms with Gasteiger partial charge >= 0.3 is 0 Å². The molecule has 1 aromatic rings. The number of aryl methyl sites for hydroxylation is 1. The van der Waals surface area contributed by atoms with E-state index >= 15 is 0 Å². The predicted molar refractivity (Wildman–Crippen MR) is 92.0 cm³/mol. The van der Waals surface area contributed by atoms with Crippen molar-refractivity contribution in [3.63, 3.8) is 0 Å². The number of aromatic nitrogens is 2. The van der Waals surface area contributed by atoms with Crippen molar-refractivity contribution in [1.29, 1.82) is 0 Å². The summed E-state index contributed by atoms with van der Waals surface area (Å²) in [5, 5.41) is 4.40. The van der Waals surface area contributed by atoms with Crippen LogP contribution in [0.4, 0.5) is 0 Å². The van der Waals surface area contributed by atoms with E-state index in [2.05, 4.69) is 10.00 Å². The molecule has 2 amide bonds. The van der Waals surface area contributed by atoms with Crippen LogP contribution in [0.15, 0.2) is 10.9 Å². The van der Waals surface area contributed by atoms with Gasteiger partial charge in [0.15, 0.2) is 0 Å². The molecule has 3 heterocycles. The molecule has 0 aromatic carbocycles. The van der Waals surface area contributed by atoms with Gasteiger partial charge in [0, 0.05) is 65.2 Å². The van der Waals surface area contributed by atoms with Crippen molar-refractivity contribution in [3.05, 3.63) is 27.7 Å². The first-order valence-corrected chi connectivity index (χ1v) is 8.83. The van der Waals surface area contributed by atoms with E-state index in [-0.39, 0.29) is 17.4 Å². The number of amides is 2. The lowest BCUT2D eigenvalue weighted by Gasteiger charge is -2.36. The lowest BCUT2D eigenvalue weighted by molar-refractivity contribution is -0.139. The largest absolute Gasteiger partial charge is 0.339 e. The minimum absolute atomic E-state index is 0.0602. The van der Waals surface area contributed by atoms with E-state index in [0.717, 1.165) is 24.2 Å². The van der Waals surface area contributed by atoms with Crippen LogP contribution in [-0.4, -0.2) is 75.6 Å². The number of carbonyl (C=O) groups excluding carboxylic acids is 2. The van der Waals surface area contributed by atoms with Crippen LogP contribution in [0.5, 0.6) is 0 Å². The average Bonchev–Trinajstić information content (AvgIpc) is 2.61. The molecule has 0 spiro atoms. The molecule has 0 saturated carbocycles. The Hall–Kier alpha value is -2.22. The molecule has 25 heavy (non-hydrogen) atoms. The molecule has 0 atom stereocenters. The normalized spacial score (nSPS) is 18.2. The molecular formula is C17H25N5O3. The molecule has 0 unspecified atom stereocenters. The fourth-order valence-electron chi connectivity index (χ4n) is 3.42. The number of hydrogen-bond donors (Lipinski definition) is 0. The highest BCUT2D eigenvalue weighted by atomic mass is 16.2. The summed E-state index contributed by atoms with van der Waals surface area (Å²) in [4.78, 5) is 41.5. The zero-order chi connectivity index (χ0) is 18.0. The zero-order valence-electron chi connectivity index (χ0n) is 14.9. The highest BCUT2D eigenvalue weighted by Gasteiger charge is 2.26. The van der Waals surface area contributed by atoms with Crippen molar-refractivity contribution < 1.29 is 9.59 Å². The third kappa shape index (κ3) is 3.89. The minimum atomic E-state index is -0.0882. The average molecular weight is 347 g/mol. The standard InChI is InChI=1S/C17H25N5O3/c1-3-22-16(24)10-14-11-19(5-4-15(14)18-22)12-17(25)21-8-6-20(7-9-21)13(2)23/h10H,3-9,11-12H2,1-2H3. The second kappa shape index (κ2) is 7.35. The second-order valence-corrected chi connectivity index (χ2v) is 6.62. The minimum Gasteiger partial charge on any atom is -0.339 e. The molecule has 2 aliphatic heterocycles. The van der Waals surface area contributed by atoms with Crippen LogP contribution >= 0.6 is 0 Å². The molecule has 1 fully saturated rings. The molecule has 8 nitrogen and oxygen atoms in total. The van der Waals surface area contributed by atoms with Crippen LogP contribution in [0, 0.1) is 0 Å². The van der Waals surface area contributed by atoms with Crippen molar-refractivity contribution in [2.75, 3.05) is 39.3 Å². The molecule has 1 saturated heterocycles. The van der Waals surface area contributed by atoms with Crippen LogP contribution < -0.4 is 5.56 Å². The molecule has 0 bridgehead atoms. The summed E-state index contributed by atoms with van der Waals surface area (Å²) in [6, 6.07) is 1.65. The summed E-state index contributed by atoms with van der Waals surface area (Å²) in [5.41, 5.74) is 1.80. The van der Waals surface area contributed by atoms with E-state index in [1.54, 1.807) is 17.9 Å². The van der Waals surface area contributed by atoms with Gasteiger partial charge in [0.25, 0.3) is 5.56 Å². The van der Waals surface area contributed by atoms with Gasteiger partial charge in [0.05, 0.1) is 12.2 Å².